The van der Waals surface area contributed by atoms with E-state index in [1.807, 2.05) is 92.6 Å². The Bertz CT molecular complexity index is 1600. The molecule has 5 N–H and O–H groups in total. The molecule has 0 unspecified atom stereocenters. The van der Waals surface area contributed by atoms with Crippen molar-refractivity contribution in [3.8, 4) is 11.5 Å². The fourth-order valence-electron chi connectivity index (χ4n) is 5.68. The Kier molecular flexibility index (Phi) is 10.1. The van der Waals surface area contributed by atoms with Crippen molar-refractivity contribution in [2.24, 2.45) is 5.73 Å². The van der Waals surface area contributed by atoms with Gasteiger partial charge in [-0.05, 0) is 74.6 Å². The molecular formula is C34H43N7O4. The third kappa shape index (κ3) is 7.50. The number of para-hydroxylation sites is 1. The van der Waals surface area contributed by atoms with Gasteiger partial charge in [0, 0.05) is 55.5 Å². The summed E-state index contributed by atoms with van der Waals surface area (Å²) in [6, 6.07) is 19.1. The number of nitrogens with two attached hydrogens (primary N) is 1. The first-order valence-corrected chi connectivity index (χ1v) is 15.2. The maximum Gasteiger partial charge on any atom is 0.318 e. The van der Waals surface area contributed by atoms with Gasteiger partial charge < -0.3 is 45.5 Å². The van der Waals surface area contributed by atoms with Crippen LogP contribution in [0.5, 0.6) is 11.5 Å². The van der Waals surface area contributed by atoms with E-state index >= 15 is 0 Å². The van der Waals surface area contributed by atoms with Crippen LogP contribution in [-0.4, -0.2) is 86.8 Å². The molecule has 11 heteroatoms. The van der Waals surface area contributed by atoms with E-state index in [4.69, 9.17) is 15.2 Å². The van der Waals surface area contributed by atoms with Gasteiger partial charge in [-0.1, -0.05) is 24.3 Å². The lowest BCUT2D eigenvalue weighted by molar-refractivity contribution is -0.118. The number of hydrogen-bond donors (Lipinski definition) is 4. The number of amides is 3. The maximum absolute atomic E-state index is 14.1. The minimum Gasteiger partial charge on any atom is -0.497 e. The van der Waals surface area contributed by atoms with Gasteiger partial charge in [-0.2, -0.15) is 0 Å². The van der Waals surface area contributed by atoms with Gasteiger partial charge >= 0.3 is 6.03 Å². The summed E-state index contributed by atoms with van der Waals surface area (Å²) in [7, 11) is 5.61. The minimum atomic E-state index is -1.07. The molecule has 0 spiro atoms. The number of ether oxygens (including phenoxy) is 2. The van der Waals surface area contributed by atoms with Gasteiger partial charge in [0.15, 0.2) is 0 Å². The number of rotatable bonds is 11. The Labute approximate surface area is 264 Å². The van der Waals surface area contributed by atoms with Crippen molar-refractivity contribution in [1.29, 1.82) is 0 Å². The topological polar surface area (TPSA) is 128 Å². The molecule has 11 nitrogen and oxygen atoms in total. The lowest BCUT2D eigenvalue weighted by Gasteiger charge is -2.37. The van der Waals surface area contributed by atoms with Crippen LogP contribution in [0.3, 0.4) is 0 Å². The number of aromatic nitrogens is 1. The zero-order valence-electron chi connectivity index (χ0n) is 26.4. The second-order valence-electron chi connectivity index (χ2n) is 11.4. The number of nitrogens with one attached hydrogen (secondary N) is 3. The molecule has 1 aliphatic heterocycles. The summed E-state index contributed by atoms with van der Waals surface area (Å²) >= 11 is 0. The molecule has 0 radical (unpaired) electrons. The van der Waals surface area contributed by atoms with Gasteiger partial charge in [-0.25, -0.2) is 4.79 Å². The third-order valence-corrected chi connectivity index (χ3v) is 8.01. The zero-order valence-corrected chi connectivity index (χ0v) is 26.4. The van der Waals surface area contributed by atoms with Crippen LogP contribution < -0.4 is 30.7 Å². The van der Waals surface area contributed by atoms with Crippen LogP contribution >= 0.6 is 0 Å². The third-order valence-electron chi connectivity index (χ3n) is 8.01. The highest BCUT2D eigenvalue weighted by Gasteiger charge is 2.33. The molecular weight excluding hydrogens is 570 g/mol. The van der Waals surface area contributed by atoms with Gasteiger partial charge in [-0.15, -0.1) is 0 Å². The first kappa shape index (κ1) is 31.7. The molecule has 4 aromatic rings. The standard InChI is InChI=1S/C34H43N7O4/c1-5-45-30-15-10-23(22-39(2)3)20-29(30)37-33(42)32(31(35)27-21-36-28-9-7-6-8-26(27)28)38-34(43)41-18-16-40(17-19-41)24-11-13-25(44-4)14-12-24/h6-15,20-21,31-32,36H,5,16-19,22,35H2,1-4H3,(H,37,42)(H,38,43)/t31-,32+/m0/s1. The quantitative estimate of drug-likeness (QED) is 0.200. The molecule has 1 aliphatic rings. The van der Waals surface area contributed by atoms with Gasteiger partial charge in [0.25, 0.3) is 0 Å². The molecule has 238 valence electrons. The van der Waals surface area contributed by atoms with Crippen molar-refractivity contribution in [2.75, 3.05) is 64.2 Å². The van der Waals surface area contributed by atoms with E-state index in [-0.39, 0.29) is 6.03 Å². The molecule has 1 aromatic heterocycles. The van der Waals surface area contributed by atoms with E-state index in [1.54, 1.807) is 18.2 Å². The normalized spacial score (nSPS) is 14.7. The molecule has 45 heavy (non-hydrogen) atoms. The molecule has 3 aromatic carbocycles. The van der Waals surface area contributed by atoms with Crippen LogP contribution in [0.15, 0.2) is 72.9 Å². The fourth-order valence-corrected chi connectivity index (χ4v) is 5.68. The predicted molar refractivity (Wildman–Crippen MR) is 178 cm³/mol. The summed E-state index contributed by atoms with van der Waals surface area (Å²) in [5.74, 6) is 0.917. The minimum absolute atomic E-state index is 0.341. The largest absolute Gasteiger partial charge is 0.497 e. The van der Waals surface area contributed by atoms with Gasteiger partial charge in [-0.3, -0.25) is 4.79 Å². The number of fused-ring (bicyclic) bond motifs is 1. The first-order chi connectivity index (χ1) is 21.8. The maximum atomic E-state index is 14.1. The van der Waals surface area contributed by atoms with Gasteiger partial charge in [0.1, 0.15) is 17.5 Å². The number of piperazine rings is 1. The lowest BCUT2D eigenvalue weighted by atomic mass is 9.98. The van der Waals surface area contributed by atoms with Crippen LogP contribution in [0.4, 0.5) is 16.2 Å². The van der Waals surface area contributed by atoms with E-state index < -0.39 is 18.0 Å². The number of benzene rings is 3. The van der Waals surface area contributed by atoms with Crippen LogP contribution in [0.25, 0.3) is 10.9 Å². The lowest BCUT2D eigenvalue weighted by Crippen LogP contribution is -2.57. The number of carbonyl (C=O) groups excluding carboxylic acids is 2. The molecule has 2 heterocycles. The fraction of sp³-hybridized carbons (Fsp3) is 0.353. The highest BCUT2D eigenvalue weighted by Crippen LogP contribution is 2.29. The summed E-state index contributed by atoms with van der Waals surface area (Å²) < 4.78 is 11.1. The molecule has 5 rings (SSSR count). The molecule has 0 aliphatic carbocycles. The zero-order chi connectivity index (χ0) is 31.9. The number of aromatic amines is 1. The monoisotopic (exact) mass is 613 g/mol. The Morgan fingerprint density at radius 2 is 1.76 bits per heavy atom. The van der Waals surface area contributed by atoms with Crippen LogP contribution in [0.2, 0.25) is 0 Å². The van der Waals surface area contributed by atoms with E-state index in [2.05, 4.69) is 20.5 Å². The highest BCUT2D eigenvalue weighted by molar-refractivity contribution is 5.99. The number of hydrogen-bond acceptors (Lipinski definition) is 7. The number of carbonyl (C=O) groups is 2. The smallest absolute Gasteiger partial charge is 0.318 e. The van der Waals surface area contributed by atoms with Crippen molar-refractivity contribution in [3.63, 3.8) is 0 Å². The first-order valence-electron chi connectivity index (χ1n) is 15.2. The molecule has 2 atom stereocenters. The average Bonchev–Trinajstić information content (AvgIpc) is 3.48. The van der Waals surface area contributed by atoms with Crippen LogP contribution in [0.1, 0.15) is 24.1 Å². The van der Waals surface area contributed by atoms with Crippen molar-refractivity contribution in [1.82, 2.24) is 20.1 Å². The van der Waals surface area contributed by atoms with Crippen molar-refractivity contribution < 1.29 is 19.1 Å². The van der Waals surface area contributed by atoms with E-state index in [0.717, 1.165) is 33.5 Å². The molecule has 1 saturated heterocycles. The Morgan fingerprint density at radius 3 is 2.44 bits per heavy atom. The van der Waals surface area contributed by atoms with Crippen molar-refractivity contribution in [2.45, 2.75) is 25.6 Å². The molecule has 3 amide bonds. The Balaban J connectivity index is 1.36. The Morgan fingerprint density at radius 1 is 1.02 bits per heavy atom. The number of anilines is 2. The average molecular weight is 614 g/mol. The molecule has 0 saturated carbocycles. The Hall–Kier alpha value is -4.74. The molecule has 1 fully saturated rings. The van der Waals surface area contributed by atoms with Gasteiger partial charge in [0.2, 0.25) is 5.91 Å². The van der Waals surface area contributed by atoms with Gasteiger partial charge in [0.05, 0.1) is 25.4 Å². The molecule has 0 bridgehead atoms. The SMILES string of the molecule is CCOc1ccc(CN(C)C)cc1NC(=O)[C@H](NC(=O)N1CCN(c2ccc(OC)cc2)CC1)[C@@H](N)c1c[nH]c2ccccc12. The second kappa shape index (κ2) is 14.4. The summed E-state index contributed by atoms with van der Waals surface area (Å²) in [6.45, 7) is 5.32. The van der Waals surface area contributed by atoms with E-state index in [0.29, 0.717) is 50.8 Å². The second-order valence-corrected chi connectivity index (χ2v) is 11.4. The van der Waals surface area contributed by atoms with Crippen LogP contribution in [0, 0.1) is 0 Å². The van der Waals surface area contributed by atoms with Crippen LogP contribution in [-0.2, 0) is 11.3 Å². The number of nitrogens with zero attached hydrogens (tertiary/aromatic N) is 3. The highest BCUT2D eigenvalue weighted by atomic mass is 16.5. The summed E-state index contributed by atoms with van der Waals surface area (Å²) in [5.41, 5.74) is 11.1. The van der Waals surface area contributed by atoms with Crippen molar-refractivity contribution in [3.05, 3.63) is 84.1 Å². The summed E-state index contributed by atoms with van der Waals surface area (Å²) in [6.07, 6.45) is 1.80. The van der Waals surface area contributed by atoms with E-state index in [9.17, 15) is 9.59 Å². The van der Waals surface area contributed by atoms with E-state index in [1.165, 1.54) is 0 Å². The number of H-pyrrole nitrogens is 1. The summed E-state index contributed by atoms with van der Waals surface area (Å²) in [5, 5.41) is 6.90. The number of methoxy groups -OCH3 is 1. The number of urea groups is 1. The predicted octanol–water partition coefficient (Wildman–Crippen LogP) is 4.18. The van der Waals surface area contributed by atoms with Crippen molar-refractivity contribution >= 4 is 34.2 Å². The summed E-state index contributed by atoms with van der Waals surface area (Å²) in [4.78, 5) is 37.0.